The number of hydrogen-bond donors (Lipinski definition) is 2. The smallest absolute Gasteiger partial charge is 0.0322 e. The van der Waals surface area contributed by atoms with Crippen LogP contribution in [0.25, 0.3) is 0 Å². The average Bonchev–Trinajstić information content (AvgIpc) is 2.31. The molecular weight excluding hydrogens is 339 g/mol. The molecule has 0 spiro atoms. The molecule has 0 bridgehead atoms. The van der Waals surface area contributed by atoms with Gasteiger partial charge in [0.1, 0.15) is 0 Å². The van der Waals surface area contributed by atoms with Gasteiger partial charge in [-0.05, 0) is 32.9 Å². The van der Waals surface area contributed by atoms with Crippen molar-refractivity contribution in [2.45, 2.75) is 31.3 Å². The second-order valence-corrected chi connectivity index (χ2v) is 7.00. The van der Waals surface area contributed by atoms with Gasteiger partial charge in [0.15, 0.2) is 0 Å². The van der Waals surface area contributed by atoms with E-state index in [1.54, 1.807) is 0 Å². The molecule has 0 saturated carbocycles. The number of hydrogen-bond acceptors (Lipinski definition) is 4. The van der Waals surface area contributed by atoms with E-state index in [0.717, 1.165) is 25.0 Å². The zero-order valence-corrected chi connectivity index (χ0v) is 13.8. The number of nitrogens with zero attached hydrogens (tertiary/aromatic N) is 2. The van der Waals surface area contributed by atoms with Gasteiger partial charge < -0.3 is 15.5 Å². The summed E-state index contributed by atoms with van der Waals surface area (Å²) in [6.45, 7) is 6.01. The molecule has 5 heteroatoms. The SMILES string of the molecule is CNCC1CCCC(CNCC2CN(C)C2)N1I. The van der Waals surface area contributed by atoms with E-state index in [2.05, 4.69) is 55.6 Å². The van der Waals surface area contributed by atoms with Crippen molar-refractivity contribution in [1.29, 1.82) is 0 Å². The van der Waals surface area contributed by atoms with Gasteiger partial charge in [0.05, 0.1) is 0 Å². The Morgan fingerprint density at radius 3 is 2.39 bits per heavy atom. The minimum Gasteiger partial charge on any atom is -0.318 e. The predicted molar refractivity (Wildman–Crippen MR) is 85.1 cm³/mol. The molecule has 2 saturated heterocycles. The molecule has 2 aliphatic rings. The summed E-state index contributed by atoms with van der Waals surface area (Å²) in [6.07, 6.45) is 4.07. The van der Waals surface area contributed by atoms with Crippen molar-refractivity contribution in [2.75, 3.05) is 46.8 Å². The summed E-state index contributed by atoms with van der Waals surface area (Å²) in [4.78, 5) is 2.39. The lowest BCUT2D eigenvalue weighted by Gasteiger charge is -2.39. The molecule has 106 valence electrons. The number of rotatable bonds is 6. The van der Waals surface area contributed by atoms with Crippen LogP contribution in [0.1, 0.15) is 19.3 Å². The standard InChI is InChI=1S/C13H27IN4/c1-15-7-12-4-3-5-13(18(12)14)8-16-6-11-9-17(2)10-11/h11-13,15-16H,3-10H2,1-2H3. The van der Waals surface area contributed by atoms with Crippen LogP contribution in [-0.2, 0) is 0 Å². The largest absolute Gasteiger partial charge is 0.318 e. The molecule has 2 rings (SSSR count). The van der Waals surface area contributed by atoms with Crippen LogP contribution in [0.2, 0.25) is 0 Å². The topological polar surface area (TPSA) is 30.5 Å². The van der Waals surface area contributed by atoms with E-state index < -0.39 is 0 Å². The van der Waals surface area contributed by atoms with Gasteiger partial charge in [-0.15, -0.1) is 0 Å². The summed E-state index contributed by atoms with van der Waals surface area (Å²) in [5, 5.41) is 6.99. The summed E-state index contributed by atoms with van der Waals surface area (Å²) in [5.41, 5.74) is 0. The molecule has 2 unspecified atom stereocenters. The highest BCUT2D eigenvalue weighted by molar-refractivity contribution is 14.1. The van der Waals surface area contributed by atoms with Crippen LogP contribution in [0.15, 0.2) is 0 Å². The quantitative estimate of drug-likeness (QED) is 0.541. The summed E-state index contributed by atoms with van der Waals surface area (Å²) in [6, 6.07) is 1.43. The Bertz CT molecular complexity index is 243. The fourth-order valence-electron chi connectivity index (χ4n) is 3.16. The molecule has 2 heterocycles. The van der Waals surface area contributed by atoms with Gasteiger partial charge in [-0.25, -0.2) is 3.11 Å². The first-order valence-electron chi connectivity index (χ1n) is 7.18. The first-order valence-corrected chi connectivity index (χ1v) is 8.15. The third-order valence-corrected chi connectivity index (χ3v) is 5.74. The molecule has 0 aromatic carbocycles. The zero-order chi connectivity index (χ0) is 13.0. The van der Waals surface area contributed by atoms with Crippen LogP contribution in [0.4, 0.5) is 0 Å². The van der Waals surface area contributed by atoms with Crippen LogP contribution < -0.4 is 10.6 Å². The summed E-state index contributed by atoms with van der Waals surface area (Å²) >= 11 is 2.53. The van der Waals surface area contributed by atoms with E-state index in [9.17, 15) is 0 Å². The Labute approximate surface area is 125 Å². The minimum absolute atomic E-state index is 0.714. The van der Waals surface area contributed by atoms with E-state index in [-0.39, 0.29) is 0 Å². The average molecular weight is 366 g/mol. The third-order valence-electron chi connectivity index (χ3n) is 4.16. The Morgan fingerprint density at radius 1 is 1.11 bits per heavy atom. The van der Waals surface area contributed by atoms with Gasteiger partial charge in [0.2, 0.25) is 0 Å². The Hall–Kier alpha value is 0.570. The maximum Gasteiger partial charge on any atom is 0.0322 e. The number of halogens is 1. The summed E-state index contributed by atoms with van der Waals surface area (Å²) in [5.74, 6) is 0.884. The molecule has 0 aliphatic carbocycles. The van der Waals surface area contributed by atoms with Crippen LogP contribution in [0, 0.1) is 5.92 Å². The number of nitrogens with one attached hydrogen (secondary N) is 2. The molecule has 0 amide bonds. The van der Waals surface area contributed by atoms with E-state index in [4.69, 9.17) is 0 Å². The Kier molecular flexibility index (Phi) is 6.14. The minimum atomic E-state index is 0.714. The van der Waals surface area contributed by atoms with Gasteiger partial charge in [0, 0.05) is 67.7 Å². The fourth-order valence-corrected chi connectivity index (χ4v) is 4.11. The maximum atomic E-state index is 3.68. The molecule has 2 atom stereocenters. The van der Waals surface area contributed by atoms with Gasteiger partial charge in [0.25, 0.3) is 0 Å². The molecule has 2 N–H and O–H groups in total. The predicted octanol–water partition coefficient (Wildman–Crippen LogP) is 0.930. The maximum absolute atomic E-state index is 3.68. The molecule has 2 fully saturated rings. The van der Waals surface area contributed by atoms with Crippen LogP contribution in [0.5, 0.6) is 0 Å². The molecule has 18 heavy (non-hydrogen) atoms. The second kappa shape index (κ2) is 7.38. The van der Waals surface area contributed by atoms with Crippen LogP contribution in [-0.4, -0.2) is 66.9 Å². The van der Waals surface area contributed by atoms with Crippen molar-refractivity contribution < 1.29 is 0 Å². The van der Waals surface area contributed by atoms with Crippen molar-refractivity contribution >= 4 is 22.9 Å². The van der Waals surface area contributed by atoms with Crippen molar-refractivity contribution in [3.63, 3.8) is 0 Å². The molecule has 0 aromatic rings. The lowest BCUT2D eigenvalue weighted by Crippen LogP contribution is -2.52. The molecule has 4 nitrogen and oxygen atoms in total. The third kappa shape index (κ3) is 4.03. The van der Waals surface area contributed by atoms with Gasteiger partial charge in [-0.1, -0.05) is 6.42 Å². The molecule has 2 aliphatic heterocycles. The second-order valence-electron chi connectivity index (χ2n) is 5.89. The van der Waals surface area contributed by atoms with Gasteiger partial charge >= 0.3 is 0 Å². The number of likely N-dealkylation sites (N-methyl/N-ethyl adjacent to an activating group) is 1. The van der Waals surface area contributed by atoms with Crippen LogP contribution >= 0.6 is 22.9 Å². The van der Waals surface area contributed by atoms with E-state index in [1.807, 2.05) is 0 Å². The van der Waals surface area contributed by atoms with E-state index in [1.165, 1.54) is 38.9 Å². The number of likely N-dealkylation sites (tertiary alicyclic amines) is 1. The Balaban J connectivity index is 1.64. The molecule has 0 radical (unpaired) electrons. The first-order chi connectivity index (χ1) is 8.70. The van der Waals surface area contributed by atoms with Gasteiger partial charge in [-0.2, -0.15) is 0 Å². The van der Waals surface area contributed by atoms with Crippen molar-refractivity contribution in [3.8, 4) is 0 Å². The summed E-state index contributed by atoms with van der Waals surface area (Å²) < 4.78 is 2.55. The zero-order valence-electron chi connectivity index (χ0n) is 11.7. The monoisotopic (exact) mass is 366 g/mol. The van der Waals surface area contributed by atoms with Gasteiger partial charge in [-0.3, -0.25) is 0 Å². The highest BCUT2D eigenvalue weighted by Gasteiger charge is 2.29. The molecule has 0 aromatic heterocycles. The Morgan fingerprint density at radius 2 is 1.78 bits per heavy atom. The normalized spacial score (nSPS) is 31.5. The number of piperidine rings is 1. The van der Waals surface area contributed by atoms with Crippen molar-refractivity contribution in [3.05, 3.63) is 0 Å². The highest BCUT2D eigenvalue weighted by atomic mass is 127. The lowest BCUT2D eigenvalue weighted by atomic mass is 9.97. The van der Waals surface area contributed by atoms with E-state index >= 15 is 0 Å². The highest BCUT2D eigenvalue weighted by Crippen LogP contribution is 2.26. The fraction of sp³-hybridized carbons (Fsp3) is 1.00. The van der Waals surface area contributed by atoms with Crippen molar-refractivity contribution in [2.24, 2.45) is 5.92 Å². The first kappa shape index (κ1) is 15.0. The summed E-state index contributed by atoms with van der Waals surface area (Å²) in [7, 11) is 4.26. The van der Waals surface area contributed by atoms with Crippen molar-refractivity contribution in [1.82, 2.24) is 18.6 Å². The molecular formula is C13H27IN4. The van der Waals surface area contributed by atoms with Crippen LogP contribution in [0.3, 0.4) is 0 Å². The lowest BCUT2D eigenvalue weighted by molar-refractivity contribution is 0.129. The van der Waals surface area contributed by atoms with E-state index in [0.29, 0.717) is 6.04 Å².